The summed E-state index contributed by atoms with van der Waals surface area (Å²) in [6, 6.07) is 14.7. The van der Waals surface area contributed by atoms with Gasteiger partial charge in [0.2, 0.25) is 0 Å². The third kappa shape index (κ3) is 3.00. The SMILES string of the molecule is COC(=O)NCCCc1cccc2ccccc12. The third-order valence-electron chi connectivity index (χ3n) is 2.96. The molecule has 0 aliphatic carbocycles. The van der Waals surface area contributed by atoms with Crippen molar-refractivity contribution < 1.29 is 9.53 Å². The Morgan fingerprint density at radius 2 is 1.94 bits per heavy atom. The molecule has 2 rings (SSSR count). The van der Waals surface area contributed by atoms with E-state index in [0.717, 1.165) is 12.8 Å². The van der Waals surface area contributed by atoms with E-state index in [2.05, 4.69) is 46.5 Å². The number of alkyl carbamates (subject to hydrolysis) is 1. The van der Waals surface area contributed by atoms with Gasteiger partial charge in [0.15, 0.2) is 0 Å². The van der Waals surface area contributed by atoms with Crippen LogP contribution in [0.4, 0.5) is 4.79 Å². The average Bonchev–Trinajstić information content (AvgIpc) is 2.43. The zero-order valence-corrected chi connectivity index (χ0v) is 10.5. The maximum Gasteiger partial charge on any atom is 0.406 e. The van der Waals surface area contributed by atoms with Crippen LogP contribution in [0.25, 0.3) is 10.8 Å². The second-order valence-electron chi connectivity index (χ2n) is 4.16. The average molecular weight is 243 g/mol. The van der Waals surface area contributed by atoms with Crippen LogP contribution in [0.2, 0.25) is 0 Å². The molecule has 1 N–H and O–H groups in total. The molecule has 0 fully saturated rings. The van der Waals surface area contributed by atoms with Crippen LogP contribution in [0, 0.1) is 0 Å². The molecule has 0 spiro atoms. The highest BCUT2D eigenvalue weighted by molar-refractivity contribution is 5.85. The molecule has 0 saturated heterocycles. The number of carbonyl (C=O) groups is 1. The first kappa shape index (κ1) is 12.4. The number of amides is 1. The number of aryl methyl sites for hydroxylation is 1. The fourth-order valence-corrected chi connectivity index (χ4v) is 2.05. The van der Waals surface area contributed by atoms with Crippen LogP contribution < -0.4 is 5.32 Å². The van der Waals surface area contributed by atoms with Crippen LogP contribution in [0.1, 0.15) is 12.0 Å². The summed E-state index contributed by atoms with van der Waals surface area (Å²) in [4.78, 5) is 10.9. The summed E-state index contributed by atoms with van der Waals surface area (Å²) >= 11 is 0. The first-order valence-electron chi connectivity index (χ1n) is 6.09. The standard InChI is InChI=1S/C15H17NO2/c1-18-15(17)16-11-5-9-13-8-4-7-12-6-2-3-10-14(12)13/h2-4,6-8,10H,5,9,11H2,1H3,(H,16,17). The van der Waals surface area contributed by atoms with Gasteiger partial charge in [0.25, 0.3) is 0 Å². The number of hydrogen-bond donors (Lipinski definition) is 1. The number of benzene rings is 2. The van der Waals surface area contributed by atoms with E-state index < -0.39 is 0 Å². The molecule has 94 valence electrons. The van der Waals surface area contributed by atoms with Crippen LogP contribution >= 0.6 is 0 Å². The van der Waals surface area contributed by atoms with Crippen molar-refractivity contribution >= 4 is 16.9 Å². The van der Waals surface area contributed by atoms with Gasteiger partial charge in [-0.15, -0.1) is 0 Å². The van der Waals surface area contributed by atoms with E-state index in [1.165, 1.54) is 23.4 Å². The Kier molecular flexibility index (Phi) is 4.18. The number of methoxy groups -OCH3 is 1. The number of ether oxygens (including phenoxy) is 1. The molecule has 0 radical (unpaired) electrons. The molecule has 18 heavy (non-hydrogen) atoms. The molecule has 0 bridgehead atoms. The summed E-state index contributed by atoms with van der Waals surface area (Å²) in [5.41, 5.74) is 1.32. The zero-order valence-electron chi connectivity index (χ0n) is 10.5. The Labute approximate surface area is 107 Å². The van der Waals surface area contributed by atoms with Crippen molar-refractivity contribution in [3.05, 3.63) is 48.0 Å². The first-order chi connectivity index (χ1) is 8.81. The van der Waals surface area contributed by atoms with Crippen molar-refractivity contribution in [2.75, 3.05) is 13.7 Å². The Morgan fingerprint density at radius 3 is 2.78 bits per heavy atom. The lowest BCUT2D eigenvalue weighted by molar-refractivity contribution is 0.171. The largest absolute Gasteiger partial charge is 0.453 e. The predicted molar refractivity (Wildman–Crippen MR) is 72.7 cm³/mol. The number of nitrogens with one attached hydrogen (secondary N) is 1. The van der Waals surface area contributed by atoms with Crippen molar-refractivity contribution in [3.63, 3.8) is 0 Å². The molecule has 0 heterocycles. The van der Waals surface area contributed by atoms with Crippen LogP contribution in [0.3, 0.4) is 0 Å². The number of fused-ring (bicyclic) bond motifs is 1. The lowest BCUT2D eigenvalue weighted by Gasteiger charge is -2.07. The van der Waals surface area contributed by atoms with Gasteiger partial charge in [-0.05, 0) is 29.2 Å². The highest BCUT2D eigenvalue weighted by atomic mass is 16.5. The van der Waals surface area contributed by atoms with E-state index in [9.17, 15) is 4.79 Å². The zero-order chi connectivity index (χ0) is 12.8. The van der Waals surface area contributed by atoms with Gasteiger partial charge >= 0.3 is 6.09 Å². The van der Waals surface area contributed by atoms with Gasteiger partial charge in [-0.25, -0.2) is 4.79 Å². The van der Waals surface area contributed by atoms with E-state index in [0.29, 0.717) is 6.54 Å². The molecule has 0 aromatic heterocycles. The fourth-order valence-electron chi connectivity index (χ4n) is 2.05. The summed E-state index contributed by atoms with van der Waals surface area (Å²) in [7, 11) is 1.38. The van der Waals surface area contributed by atoms with E-state index in [1.54, 1.807) is 0 Å². The molecule has 0 atom stereocenters. The van der Waals surface area contributed by atoms with E-state index in [4.69, 9.17) is 0 Å². The number of hydrogen-bond acceptors (Lipinski definition) is 2. The molecule has 0 aliphatic heterocycles. The molecular formula is C15H17NO2. The molecule has 3 nitrogen and oxygen atoms in total. The minimum Gasteiger partial charge on any atom is -0.453 e. The molecule has 3 heteroatoms. The quantitative estimate of drug-likeness (QED) is 0.838. The second-order valence-corrected chi connectivity index (χ2v) is 4.16. The third-order valence-corrected chi connectivity index (χ3v) is 2.96. The summed E-state index contributed by atoms with van der Waals surface area (Å²) < 4.78 is 4.52. The Bertz CT molecular complexity index is 532. The maximum absolute atomic E-state index is 10.9. The van der Waals surface area contributed by atoms with Gasteiger partial charge < -0.3 is 10.1 Å². The Morgan fingerprint density at radius 1 is 1.17 bits per heavy atom. The molecule has 1 amide bonds. The van der Waals surface area contributed by atoms with E-state index in [-0.39, 0.29) is 6.09 Å². The van der Waals surface area contributed by atoms with E-state index >= 15 is 0 Å². The molecule has 0 unspecified atom stereocenters. The molecular weight excluding hydrogens is 226 g/mol. The van der Waals surface area contributed by atoms with E-state index in [1.807, 2.05) is 6.07 Å². The summed E-state index contributed by atoms with van der Waals surface area (Å²) in [5, 5.41) is 5.24. The Hall–Kier alpha value is -2.03. The lowest BCUT2D eigenvalue weighted by atomic mass is 10.0. The van der Waals surface area contributed by atoms with Crippen LogP contribution in [-0.2, 0) is 11.2 Å². The minimum atomic E-state index is -0.368. The second kappa shape index (κ2) is 6.05. The monoisotopic (exact) mass is 243 g/mol. The lowest BCUT2D eigenvalue weighted by Crippen LogP contribution is -2.24. The first-order valence-corrected chi connectivity index (χ1v) is 6.09. The van der Waals surface area contributed by atoms with Crippen LogP contribution in [0.5, 0.6) is 0 Å². The summed E-state index contributed by atoms with van der Waals surface area (Å²) in [6.45, 7) is 0.635. The highest BCUT2D eigenvalue weighted by Crippen LogP contribution is 2.19. The van der Waals surface area contributed by atoms with Crippen molar-refractivity contribution in [2.45, 2.75) is 12.8 Å². The van der Waals surface area contributed by atoms with Crippen molar-refractivity contribution in [1.82, 2.24) is 5.32 Å². The highest BCUT2D eigenvalue weighted by Gasteiger charge is 2.01. The predicted octanol–water partition coefficient (Wildman–Crippen LogP) is 3.13. The van der Waals surface area contributed by atoms with Crippen LogP contribution in [0.15, 0.2) is 42.5 Å². The topological polar surface area (TPSA) is 38.3 Å². The number of carbonyl (C=O) groups excluding carboxylic acids is 1. The fraction of sp³-hybridized carbons (Fsp3) is 0.267. The van der Waals surface area contributed by atoms with Crippen molar-refractivity contribution in [1.29, 1.82) is 0 Å². The molecule has 2 aromatic rings. The summed E-state index contributed by atoms with van der Waals surface area (Å²) in [6.07, 6.45) is 1.49. The normalized spacial score (nSPS) is 10.3. The van der Waals surface area contributed by atoms with Crippen molar-refractivity contribution in [3.8, 4) is 0 Å². The van der Waals surface area contributed by atoms with Crippen LogP contribution in [-0.4, -0.2) is 19.7 Å². The van der Waals surface area contributed by atoms with Gasteiger partial charge in [-0.3, -0.25) is 0 Å². The molecule has 2 aromatic carbocycles. The van der Waals surface area contributed by atoms with Gasteiger partial charge in [-0.2, -0.15) is 0 Å². The van der Waals surface area contributed by atoms with Crippen molar-refractivity contribution in [2.24, 2.45) is 0 Å². The minimum absolute atomic E-state index is 0.368. The van der Waals surface area contributed by atoms with Gasteiger partial charge in [0.05, 0.1) is 7.11 Å². The summed E-state index contributed by atoms with van der Waals surface area (Å²) in [5.74, 6) is 0. The smallest absolute Gasteiger partial charge is 0.406 e. The number of rotatable bonds is 4. The van der Waals surface area contributed by atoms with Gasteiger partial charge in [0, 0.05) is 6.54 Å². The maximum atomic E-state index is 10.9. The molecule has 0 saturated carbocycles. The molecule has 0 aliphatic rings. The van der Waals surface area contributed by atoms with Gasteiger partial charge in [-0.1, -0.05) is 42.5 Å². The Balaban J connectivity index is 1.97. The van der Waals surface area contributed by atoms with Gasteiger partial charge in [0.1, 0.15) is 0 Å².